The average Bonchev–Trinajstić information content (AvgIpc) is 3.25. The molecule has 8 heteroatoms. The van der Waals surface area contributed by atoms with Crippen molar-refractivity contribution in [3.05, 3.63) is 58.7 Å². The second-order valence-electron chi connectivity index (χ2n) is 7.86. The zero-order valence-electron chi connectivity index (χ0n) is 18.1. The Hall–Kier alpha value is -2.87. The van der Waals surface area contributed by atoms with Gasteiger partial charge in [-0.2, -0.15) is 4.68 Å². The smallest absolute Gasteiger partial charge is 0.230 e. The number of amides is 1. The van der Waals surface area contributed by atoms with Crippen LogP contribution >= 0.6 is 11.8 Å². The van der Waals surface area contributed by atoms with E-state index in [0.717, 1.165) is 29.7 Å². The third-order valence-corrected chi connectivity index (χ3v) is 6.51. The van der Waals surface area contributed by atoms with Gasteiger partial charge < -0.3 is 10.1 Å². The highest BCUT2D eigenvalue weighted by atomic mass is 32.2. The summed E-state index contributed by atoms with van der Waals surface area (Å²) in [6, 6.07) is 12.3. The van der Waals surface area contributed by atoms with Crippen molar-refractivity contribution < 1.29 is 9.53 Å². The lowest BCUT2D eigenvalue weighted by atomic mass is 9.89. The summed E-state index contributed by atoms with van der Waals surface area (Å²) in [4.78, 5) is 12.6. The summed E-state index contributed by atoms with van der Waals surface area (Å²) in [5.74, 6) is 0.843. The van der Waals surface area contributed by atoms with E-state index in [2.05, 4.69) is 39.0 Å². The number of carbonyl (C=O) groups excluding carboxylic acids is 1. The molecular formula is C23H27N5O2S. The molecule has 1 heterocycles. The molecule has 2 aromatic carbocycles. The molecule has 1 N–H and O–H groups in total. The molecule has 162 valence electrons. The lowest BCUT2D eigenvalue weighted by molar-refractivity contribution is -0.119. The first-order valence-corrected chi connectivity index (χ1v) is 11.5. The van der Waals surface area contributed by atoms with E-state index >= 15 is 0 Å². The van der Waals surface area contributed by atoms with Crippen LogP contribution in [0.15, 0.2) is 41.6 Å². The summed E-state index contributed by atoms with van der Waals surface area (Å²) < 4.78 is 7.05. The fourth-order valence-corrected chi connectivity index (χ4v) is 4.60. The van der Waals surface area contributed by atoms with Crippen LogP contribution in [-0.2, 0) is 17.6 Å². The van der Waals surface area contributed by atoms with Crippen LogP contribution in [-0.4, -0.2) is 39.0 Å². The van der Waals surface area contributed by atoms with Crippen molar-refractivity contribution in [3.8, 4) is 11.4 Å². The summed E-state index contributed by atoms with van der Waals surface area (Å²) in [5, 5.41) is 15.6. The molecule has 0 fully saturated rings. The Morgan fingerprint density at radius 3 is 2.81 bits per heavy atom. The number of tetrazole rings is 1. The number of nitrogens with zero attached hydrogens (tertiary/aromatic N) is 4. The molecule has 1 atom stereocenters. The molecule has 31 heavy (non-hydrogen) atoms. The average molecular weight is 438 g/mol. The van der Waals surface area contributed by atoms with E-state index in [1.165, 1.54) is 35.7 Å². The molecule has 4 rings (SSSR count). The third-order valence-electron chi connectivity index (χ3n) is 5.59. The predicted molar refractivity (Wildman–Crippen MR) is 121 cm³/mol. The van der Waals surface area contributed by atoms with Gasteiger partial charge in [-0.15, -0.1) is 5.10 Å². The van der Waals surface area contributed by atoms with E-state index in [1.807, 2.05) is 32.0 Å². The summed E-state index contributed by atoms with van der Waals surface area (Å²) >= 11 is 1.30. The number of nitrogens with one attached hydrogen (secondary N) is 1. The quantitative estimate of drug-likeness (QED) is 0.566. The number of aryl methyl sites for hydroxylation is 3. The van der Waals surface area contributed by atoms with Crippen molar-refractivity contribution in [2.24, 2.45) is 0 Å². The van der Waals surface area contributed by atoms with Crippen molar-refractivity contribution in [2.45, 2.75) is 50.7 Å². The van der Waals surface area contributed by atoms with Crippen LogP contribution in [0.5, 0.6) is 5.75 Å². The van der Waals surface area contributed by atoms with Gasteiger partial charge in [-0.25, -0.2) is 0 Å². The van der Waals surface area contributed by atoms with Crippen molar-refractivity contribution in [2.75, 3.05) is 12.9 Å². The maximum Gasteiger partial charge on any atom is 0.230 e. The standard InChI is InChI=1S/C23H27N5O2S/c1-15-8-11-21(30-3)20(12-15)28-23(25-26-27-28)31-14-22(29)24-16(2)18-10-9-17-6-4-5-7-19(17)13-18/h8-13,16H,4-7,14H2,1-3H3,(H,24,29). The first-order chi connectivity index (χ1) is 15.0. The highest BCUT2D eigenvalue weighted by Gasteiger charge is 2.17. The van der Waals surface area contributed by atoms with Gasteiger partial charge in [0.15, 0.2) is 0 Å². The van der Waals surface area contributed by atoms with Gasteiger partial charge in [0.1, 0.15) is 11.4 Å². The fraction of sp³-hybridized carbons (Fsp3) is 0.391. The van der Waals surface area contributed by atoms with Gasteiger partial charge in [0.2, 0.25) is 11.1 Å². The van der Waals surface area contributed by atoms with E-state index in [4.69, 9.17) is 4.74 Å². The largest absolute Gasteiger partial charge is 0.494 e. The third kappa shape index (κ3) is 4.90. The topological polar surface area (TPSA) is 81.9 Å². The Labute approximate surface area is 186 Å². The molecule has 0 spiro atoms. The Morgan fingerprint density at radius 1 is 1.19 bits per heavy atom. The molecule has 0 bridgehead atoms. The first kappa shape index (κ1) is 21.4. The molecule has 0 aliphatic heterocycles. The van der Waals surface area contributed by atoms with E-state index in [-0.39, 0.29) is 17.7 Å². The van der Waals surface area contributed by atoms with Gasteiger partial charge in [-0.3, -0.25) is 4.79 Å². The summed E-state index contributed by atoms with van der Waals surface area (Å²) in [6.45, 7) is 4.02. The van der Waals surface area contributed by atoms with Gasteiger partial charge in [-0.1, -0.05) is 36.0 Å². The number of hydrogen-bond donors (Lipinski definition) is 1. The molecule has 0 saturated heterocycles. The number of rotatable bonds is 7. The van der Waals surface area contributed by atoms with E-state index in [9.17, 15) is 4.79 Å². The number of benzene rings is 2. The van der Waals surface area contributed by atoms with Crippen LogP contribution < -0.4 is 10.1 Å². The van der Waals surface area contributed by atoms with Gasteiger partial charge in [0.25, 0.3) is 0 Å². The molecule has 0 saturated carbocycles. The van der Waals surface area contributed by atoms with Crippen LogP contribution in [0.25, 0.3) is 5.69 Å². The monoisotopic (exact) mass is 437 g/mol. The van der Waals surface area contributed by atoms with Crippen LogP contribution in [0.2, 0.25) is 0 Å². The Morgan fingerprint density at radius 2 is 2.00 bits per heavy atom. The van der Waals surface area contributed by atoms with Gasteiger partial charge >= 0.3 is 0 Å². The van der Waals surface area contributed by atoms with Gasteiger partial charge in [0, 0.05) is 0 Å². The number of carbonyl (C=O) groups is 1. The second-order valence-corrected chi connectivity index (χ2v) is 8.80. The van der Waals surface area contributed by atoms with Crippen LogP contribution in [0.1, 0.15) is 48.1 Å². The summed E-state index contributed by atoms with van der Waals surface area (Å²) in [5.41, 5.74) is 5.83. The minimum Gasteiger partial charge on any atom is -0.494 e. The number of hydrogen-bond acceptors (Lipinski definition) is 6. The van der Waals surface area contributed by atoms with Crippen molar-refractivity contribution in [3.63, 3.8) is 0 Å². The number of methoxy groups -OCH3 is 1. The number of thioether (sulfide) groups is 1. The second kappa shape index (κ2) is 9.51. The van der Waals surface area contributed by atoms with Crippen molar-refractivity contribution >= 4 is 17.7 Å². The lowest BCUT2D eigenvalue weighted by Crippen LogP contribution is -2.28. The van der Waals surface area contributed by atoms with Gasteiger partial charge in [0.05, 0.1) is 18.9 Å². The number of ether oxygens (including phenoxy) is 1. The number of aromatic nitrogens is 4. The van der Waals surface area contributed by atoms with E-state index < -0.39 is 0 Å². The summed E-state index contributed by atoms with van der Waals surface area (Å²) in [7, 11) is 1.61. The molecule has 1 aliphatic carbocycles. The lowest BCUT2D eigenvalue weighted by Gasteiger charge is -2.20. The maximum absolute atomic E-state index is 12.6. The van der Waals surface area contributed by atoms with Crippen molar-refractivity contribution in [1.82, 2.24) is 25.5 Å². The minimum atomic E-state index is -0.0547. The highest BCUT2D eigenvalue weighted by Crippen LogP contribution is 2.27. The number of fused-ring (bicyclic) bond motifs is 1. The minimum absolute atomic E-state index is 0.0480. The van der Waals surface area contributed by atoms with Crippen LogP contribution in [0.4, 0.5) is 0 Å². The Kier molecular flexibility index (Phi) is 6.56. The molecule has 1 aliphatic rings. The highest BCUT2D eigenvalue weighted by molar-refractivity contribution is 7.99. The molecule has 0 radical (unpaired) electrons. The predicted octanol–water partition coefficient (Wildman–Crippen LogP) is 3.83. The van der Waals surface area contributed by atoms with E-state index in [0.29, 0.717) is 10.9 Å². The normalized spacial score (nSPS) is 14.0. The van der Waals surface area contributed by atoms with E-state index in [1.54, 1.807) is 11.8 Å². The van der Waals surface area contributed by atoms with Crippen molar-refractivity contribution in [1.29, 1.82) is 0 Å². The maximum atomic E-state index is 12.6. The SMILES string of the molecule is COc1ccc(C)cc1-n1nnnc1SCC(=O)NC(C)c1ccc2c(c1)CCCC2. The first-order valence-electron chi connectivity index (χ1n) is 10.5. The molecular weight excluding hydrogens is 410 g/mol. The molecule has 7 nitrogen and oxygen atoms in total. The Bertz CT molecular complexity index is 1080. The van der Waals surface area contributed by atoms with Gasteiger partial charge in [-0.05, 0) is 84.3 Å². The zero-order valence-corrected chi connectivity index (χ0v) is 18.9. The summed E-state index contributed by atoms with van der Waals surface area (Å²) in [6.07, 6.45) is 4.80. The Balaban J connectivity index is 1.40. The molecule has 1 aromatic heterocycles. The molecule has 1 amide bonds. The van der Waals surface area contributed by atoms with Crippen LogP contribution in [0.3, 0.4) is 0 Å². The fourth-order valence-electron chi connectivity index (χ4n) is 3.90. The molecule has 3 aromatic rings. The van der Waals surface area contributed by atoms with Crippen LogP contribution in [0, 0.1) is 6.92 Å². The zero-order chi connectivity index (χ0) is 21.8. The molecule has 1 unspecified atom stereocenters.